The summed E-state index contributed by atoms with van der Waals surface area (Å²) in [6.07, 6.45) is 2.68. The van der Waals surface area contributed by atoms with E-state index < -0.39 is 0 Å². The molecule has 1 atom stereocenters. The predicted octanol–water partition coefficient (Wildman–Crippen LogP) is 1.52. The van der Waals surface area contributed by atoms with Gasteiger partial charge in [0.05, 0.1) is 0 Å². The maximum Gasteiger partial charge on any atom is 0.224 e. The first-order chi connectivity index (χ1) is 7.33. The molecule has 1 N–H and O–H groups in total. The van der Waals surface area contributed by atoms with E-state index in [9.17, 15) is 4.79 Å². The van der Waals surface area contributed by atoms with Crippen LogP contribution in [-0.4, -0.2) is 23.9 Å². The molecule has 2 saturated heterocycles. The average molecular weight is 222 g/mol. The highest BCUT2D eigenvalue weighted by Gasteiger charge is 2.48. The average Bonchev–Trinajstić information content (AvgIpc) is 2.88. The van der Waals surface area contributed by atoms with E-state index in [-0.39, 0.29) is 5.66 Å². The Hall–Kier alpha value is -0.870. The van der Waals surface area contributed by atoms with Gasteiger partial charge in [0.2, 0.25) is 5.91 Å². The van der Waals surface area contributed by atoms with Crippen molar-refractivity contribution < 1.29 is 4.79 Å². The van der Waals surface area contributed by atoms with Gasteiger partial charge in [0.25, 0.3) is 0 Å². The van der Waals surface area contributed by atoms with Crippen molar-refractivity contribution in [2.45, 2.75) is 24.9 Å². The van der Waals surface area contributed by atoms with Crippen molar-refractivity contribution in [3.05, 3.63) is 22.4 Å². The number of hydrogen-bond donors (Lipinski definition) is 1. The van der Waals surface area contributed by atoms with Gasteiger partial charge in [-0.1, -0.05) is 6.07 Å². The SMILES string of the molecule is O=C1CCC2(c3cccs3)NCCCN12. The largest absolute Gasteiger partial charge is 0.319 e. The molecule has 0 bridgehead atoms. The van der Waals surface area contributed by atoms with Crippen molar-refractivity contribution in [2.75, 3.05) is 13.1 Å². The second kappa shape index (κ2) is 3.32. The molecule has 2 aliphatic rings. The summed E-state index contributed by atoms with van der Waals surface area (Å²) >= 11 is 1.74. The van der Waals surface area contributed by atoms with E-state index in [1.54, 1.807) is 11.3 Å². The quantitative estimate of drug-likeness (QED) is 0.781. The van der Waals surface area contributed by atoms with Gasteiger partial charge in [0, 0.05) is 17.8 Å². The third-order valence-corrected chi connectivity index (χ3v) is 4.39. The van der Waals surface area contributed by atoms with Crippen LogP contribution >= 0.6 is 11.3 Å². The summed E-state index contributed by atoms with van der Waals surface area (Å²) < 4.78 is 0. The number of fused-ring (bicyclic) bond motifs is 1. The number of carbonyl (C=O) groups excluding carboxylic acids is 1. The van der Waals surface area contributed by atoms with Gasteiger partial charge in [-0.05, 0) is 30.8 Å². The Balaban J connectivity index is 2.04. The second-order valence-corrected chi connectivity index (χ2v) is 5.11. The van der Waals surface area contributed by atoms with Crippen LogP contribution in [0.2, 0.25) is 0 Å². The predicted molar refractivity (Wildman–Crippen MR) is 59.6 cm³/mol. The first-order valence-electron chi connectivity index (χ1n) is 5.42. The van der Waals surface area contributed by atoms with Crippen molar-refractivity contribution in [2.24, 2.45) is 0 Å². The van der Waals surface area contributed by atoms with Gasteiger partial charge >= 0.3 is 0 Å². The fourth-order valence-corrected chi connectivity index (χ4v) is 3.60. The zero-order valence-corrected chi connectivity index (χ0v) is 9.35. The number of amides is 1. The Bertz CT molecular complexity index is 376. The first kappa shape index (κ1) is 9.36. The van der Waals surface area contributed by atoms with Crippen molar-refractivity contribution >= 4 is 17.2 Å². The Morgan fingerprint density at radius 2 is 2.47 bits per heavy atom. The van der Waals surface area contributed by atoms with Crippen LogP contribution in [0, 0.1) is 0 Å². The van der Waals surface area contributed by atoms with Crippen LogP contribution < -0.4 is 5.32 Å². The number of rotatable bonds is 1. The van der Waals surface area contributed by atoms with Gasteiger partial charge in [-0.3, -0.25) is 10.1 Å². The number of carbonyl (C=O) groups is 1. The van der Waals surface area contributed by atoms with E-state index in [0.717, 1.165) is 25.9 Å². The highest BCUT2D eigenvalue weighted by molar-refractivity contribution is 7.10. The molecule has 15 heavy (non-hydrogen) atoms. The fourth-order valence-electron chi connectivity index (χ4n) is 2.66. The Morgan fingerprint density at radius 3 is 3.27 bits per heavy atom. The lowest BCUT2D eigenvalue weighted by Gasteiger charge is -2.42. The van der Waals surface area contributed by atoms with Crippen LogP contribution in [0.4, 0.5) is 0 Å². The zero-order chi connectivity index (χ0) is 10.3. The molecule has 3 rings (SSSR count). The molecule has 4 heteroatoms. The lowest BCUT2D eigenvalue weighted by atomic mass is 10.0. The molecule has 2 aliphatic heterocycles. The first-order valence-corrected chi connectivity index (χ1v) is 6.30. The van der Waals surface area contributed by atoms with Gasteiger partial charge in [-0.2, -0.15) is 0 Å². The molecule has 1 unspecified atom stereocenters. The summed E-state index contributed by atoms with van der Waals surface area (Å²) in [5.74, 6) is 0.301. The number of nitrogens with one attached hydrogen (secondary N) is 1. The van der Waals surface area contributed by atoms with Crippen LogP contribution in [0.1, 0.15) is 24.1 Å². The normalized spacial score (nSPS) is 30.7. The van der Waals surface area contributed by atoms with Crippen molar-refractivity contribution in [1.82, 2.24) is 10.2 Å². The van der Waals surface area contributed by atoms with E-state index >= 15 is 0 Å². The highest BCUT2D eigenvalue weighted by Crippen LogP contribution is 2.40. The summed E-state index contributed by atoms with van der Waals surface area (Å²) in [5, 5.41) is 5.63. The van der Waals surface area contributed by atoms with Gasteiger partial charge < -0.3 is 4.90 Å². The molecular weight excluding hydrogens is 208 g/mol. The Labute approximate surface area is 93.1 Å². The third kappa shape index (κ3) is 1.25. The molecule has 80 valence electrons. The molecule has 1 amide bonds. The van der Waals surface area contributed by atoms with E-state index in [2.05, 4.69) is 22.8 Å². The summed E-state index contributed by atoms with van der Waals surface area (Å²) in [6.45, 7) is 1.92. The molecule has 1 aromatic rings. The van der Waals surface area contributed by atoms with E-state index in [4.69, 9.17) is 0 Å². The fraction of sp³-hybridized carbons (Fsp3) is 0.545. The summed E-state index contributed by atoms with van der Waals surface area (Å²) in [7, 11) is 0. The van der Waals surface area contributed by atoms with E-state index in [1.807, 2.05) is 4.90 Å². The molecule has 0 radical (unpaired) electrons. The molecule has 0 saturated carbocycles. The standard InChI is InChI=1S/C11H14N2OS/c14-10-4-5-11(9-3-1-8-15-9)12-6-2-7-13(10)11/h1,3,8,12H,2,4-7H2. The van der Waals surface area contributed by atoms with Crippen LogP contribution in [0.5, 0.6) is 0 Å². The van der Waals surface area contributed by atoms with Crippen molar-refractivity contribution in [3.8, 4) is 0 Å². The Kier molecular flexibility index (Phi) is 2.07. The smallest absolute Gasteiger partial charge is 0.224 e. The molecule has 0 spiro atoms. The molecular formula is C11H14N2OS. The van der Waals surface area contributed by atoms with Gasteiger partial charge in [0.1, 0.15) is 5.66 Å². The van der Waals surface area contributed by atoms with Crippen LogP contribution in [-0.2, 0) is 10.5 Å². The Morgan fingerprint density at radius 1 is 1.53 bits per heavy atom. The van der Waals surface area contributed by atoms with Crippen LogP contribution in [0.15, 0.2) is 17.5 Å². The monoisotopic (exact) mass is 222 g/mol. The molecule has 1 aromatic heterocycles. The summed E-state index contributed by atoms with van der Waals surface area (Å²) in [5.41, 5.74) is -0.163. The third-order valence-electron chi connectivity index (χ3n) is 3.37. The number of hydrogen-bond acceptors (Lipinski definition) is 3. The van der Waals surface area contributed by atoms with Gasteiger partial charge in [-0.15, -0.1) is 11.3 Å². The molecule has 0 aliphatic carbocycles. The number of nitrogens with zero attached hydrogens (tertiary/aromatic N) is 1. The second-order valence-electron chi connectivity index (χ2n) is 4.16. The highest BCUT2D eigenvalue weighted by atomic mass is 32.1. The van der Waals surface area contributed by atoms with E-state index in [1.165, 1.54) is 4.88 Å². The van der Waals surface area contributed by atoms with Gasteiger partial charge in [-0.25, -0.2) is 0 Å². The van der Waals surface area contributed by atoms with Crippen LogP contribution in [0.25, 0.3) is 0 Å². The molecule has 2 fully saturated rings. The topological polar surface area (TPSA) is 32.3 Å². The lowest BCUT2D eigenvalue weighted by molar-refractivity contribution is -0.133. The van der Waals surface area contributed by atoms with Crippen molar-refractivity contribution in [1.29, 1.82) is 0 Å². The number of thiophene rings is 1. The zero-order valence-electron chi connectivity index (χ0n) is 8.53. The van der Waals surface area contributed by atoms with Crippen LogP contribution in [0.3, 0.4) is 0 Å². The maximum atomic E-state index is 11.8. The minimum Gasteiger partial charge on any atom is -0.319 e. The van der Waals surface area contributed by atoms with Gasteiger partial charge in [0.15, 0.2) is 0 Å². The minimum atomic E-state index is -0.163. The molecule has 0 aromatic carbocycles. The molecule has 3 nitrogen and oxygen atoms in total. The van der Waals surface area contributed by atoms with Crippen molar-refractivity contribution in [3.63, 3.8) is 0 Å². The lowest BCUT2D eigenvalue weighted by Crippen LogP contribution is -2.57. The van der Waals surface area contributed by atoms with E-state index in [0.29, 0.717) is 12.3 Å². The summed E-state index contributed by atoms with van der Waals surface area (Å²) in [4.78, 5) is 15.1. The molecule has 3 heterocycles. The summed E-state index contributed by atoms with van der Waals surface area (Å²) in [6, 6.07) is 4.20. The maximum absolute atomic E-state index is 11.8. The minimum absolute atomic E-state index is 0.163.